The Morgan fingerprint density at radius 1 is 1.14 bits per heavy atom. The number of methoxy groups -OCH3 is 1. The summed E-state index contributed by atoms with van der Waals surface area (Å²) in [5, 5.41) is 2.78. The van der Waals surface area contributed by atoms with Crippen molar-refractivity contribution in [3.8, 4) is 5.75 Å². The van der Waals surface area contributed by atoms with Gasteiger partial charge in [0.1, 0.15) is 11.9 Å². The molecule has 0 saturated carbocycles. The first-order valence-electron chi connectivity index (χ1n) is 10.2. The van der Waals surface area contributed by atoms with E-state index in [1.165, 1.54) is 12.8 Å². The maximum Gasteiger partial charge on any atom is 0.412 e. The average Bonchev–Trinajstić information content (AvgIpc) is 2.68. The summed E-state index contributed by atoms with van der Waals surface area (Å²) in [6.45, 7) is 7.94. The largest absolute Gasteiger partial charge is 0.494 e. The van der Waals surface area contributed by atoms with Gasteiger partial charge in [0.15, 0.2) is 0 Å². The van der Waals surface area contributed by atoms with Crippen LogP contribution in [-0.4, -0.2) is 82.1 Å². The lowest BCUT2D eigenvalue weighted by atomic mass is 10.2. The summed E-state index contributed by atoms with van der Waals surface area (Å²) in [7, 11) is 3.74. The molecular weight excluding hydrogens is 358 g/mol. The predicted molar refractivity (Wildman–Crippen MR) is 111 cm³/mol. The Bertz CT molecular complexity index is 559. The highest BCUT2D eigenvalue weighted by atomic mass is 16.6. The highest BCUT2D eigenvalue weighted by molar-refractivity contribution is 5.84. The van der Waals surface area contributed by atoms with Crippen LogP contribution in [0.25, 0.3) is 0 Å². The van der Waals surface area contributed by atoms with Crippen molar-refractivity contribution in [3.63, 3.8) is 0 Å². The minimum atomic E-state index is -0.465. The van der Waals surface area contributed by atoms with Crippen LogP contribution < -0.4 is 10.1 Å². The molecule has 1 atom stereocenters. The van der Waals surface area contributed by atoms with Gasteiger partial charge in [0.25, 0.3) is 0 Å². The number of nitrogens with one attached hydrogen (secondary N) is 1. The van der Waals surface area contributed by atoms with Crippen LogP contribution in [0.15, 0.2) is 24.3 Å². The van der Waals surface area contributed by atoms with Crippen LogP contribution in [0.4, 0.5) is 10.5 Å². The molecule has 0 bridgehead atoms. The van der Waals surface area contributed by atoms with Gasteiger partial charge in [-0.25, -0.2) is 4.79 Å². The molecule has 1 aliphatic heterocycles. The first-order chi connectivity index (χ1) is 13.6. The second-order valence-electron chi connectivity index (χ2n) is 7.29. The zero-order valence-electron chi connectivity index (χ0n) is 17.5. The molecule has 1 fully saturated rings. The van der Waals surface area contributed by atoms with E-state index < -0.39 is 6.09 Å². The van der Waals surface area contributed by atoms with Crippen LogP contribution in [0.3, 0.4) is 0 Å². The Morgan fingerprint density at radius 2 is 1.86 bits per heavy atom. The SMILES string of the molecule is CCCCCOc1ccc(NC(=O)OC(COC)CN2CCN(C)CC2)cc1. The van der Waals surface area contributed by atoms with Gasteiger partial charge in [0.2, 0.25) is 0 Å². The topological polar surface area (TPSA) is 63.3 Å². The molecular formula is C21H35N3O4. The van der Waals surface area contributed by atoms with E-state index in [2.05, 4.69) is 29.1 Å². The van der Waals surface area contributed by atoms with Gasteiger partial charge in [0, 0.05) is 45.5 Å². The summed E-state index contributed by atoms with van der Waals surface area (Å²) in [5.41, 5.74) is 0.682. The monoisotopic (exact) mass is 393 g/mol. The van der Waals surface area contributed by atoms with Gasteiger partial charge < -0.3 is 19.1 Å². The van der Waals surface area contributed by atoms with Gasteiger partial charge in [0.05, 0.1) is 13.2 Å². The van der Waals surface area contributed by atoms with Gasteiger partial charge in [-0.05, 0) is 37.7 Å². The molecule has 0 aromatic heterocycles. The third kappa shape index (κ3) is 8.46. The number of piperazine rings is 1. The molecule has 7 heteroatoms. The molecule has 1 unspecified atom stereocenters. The minimum Gasteiger partial charge on any atom is -0.494 e. The van der Waals surface area contributed by atoms with E-state index in [0.29, 0.717) is 25.4 Å². The normalized spacial score (nSPS) is 16.5. The van der Waals surface area contributed by atoms with Crippen molar-refractivity contribution >= 4 is 11.8 Å². The molecule has 1 aromatic rings. The van der Waals surface area contributed by atoms with Crippen LogP contribution >= 0.6 is 0 Å². The molecule has 7 nitrogen and oxygen atoms in total. The molecule has 0 radical (unpaired) electrons. The lowest BCUT2D eigenvalue weighted by molar-refractivity contribution is 0.0157. The molecule has 0 aliphatic carbocycles. The number of nitrogens with zero attached hydrogens (tertiary/aromatic N) is 2. The smallest absolute Gasteiger partial charge is 0.412 e. The van der Waals surface area contributed by atoms with Crippen molar-refractivity contribution in [1.82, 2.24) is 9.80 Å². The fraction of sp³-hybridized carbons (Fsp3) is 0.667. The van der Waals surface area contributed by atoms with E-state index in [1.54, 1.807) is 7.11 Å². The Kier molecular flexibility index (Phi) is 10.1. The quantitative estimate of drug-likeness (QED) is 0.583. The summed E-state index contributed by atoms with van der Waals surface area (Å²) >= 11 is 0. The number of unbranched alkanes of at least 4 members (excludes halogenated alkanes) is 2. The average molecular weight is 394 g/mol. The number of likely N-dealkylation sites (N-methyl/N-ethyl adjacent to an activating group) is 1. The van der Waals surface area contributed by atoms with Crippen molar-refractivity contribution in [3.05, 3.63) is 24.3 Å². The van der Waals surface area contributed by atoms with Crippen LogP contribution in [0.2, 0.25) is 0 Å². The third-order valence-corrected chi connectivity index (χ3v) is 4.80. The highest BCUT2D eigenvalue weighted by Crippen LogP contribution is 2.16. The number of rotatable bonds is 11. The number of anilines is 1. The number of hydrogen-bond acceptors (Lipinski definition) is 6. The standard InChI is InChI=1S/C21H35N3O4/c1-4-5-6-15-27-19-9-7-18(8-10-19)22-21(25)28-20(17-26-3)16-24-13-11-23(2)12-14-24/h7-10,20H,4-6,11-17H2,1-3H3,(H,22,25). The first-order valence-corrected chi connectivity index (χ1v) is 10.2. The zero-order chi connectivity index (χ0) is 20.2. The number of amides is 1. The molecule has 1 N–H and O–H groups in total. The van der Waals surface area contributed by atoms with Crippen molar-refractivity contribution in [2.24, 2.45) is 0 Å². The lowest BCUT2D eigenvalue weighted by Gasteiger charge is -2.34. The minimum absolute atomic E-state index is 0.297. The second-order valence-corrected chi connectivity index (χ2v) is 7.29. The van der Waals surface area contributed by atoms with Crippen molar-refractivity contribution in [2.75, 3.05) is 65.4 Å². The Hall–Kier alpha value is -1.83. The van der Waals surface area contributed by atoms with Crippen LogP contribution in [0, 0.1) is 0 Å². The Morgan fingerprint density at radius 3 is 2.50 bits per heavy atom. The fourth-order valence-electron chi connectivity index (χ4n) is 3.10. The molecule has 0 spiro atoms. The number of carbonyl (C=O) groups is 1. The first kappa shape index (κ1) is 22.5. The van der Waals surface area contributed by atoms with E-state index in [9.17, 15) is 4.79 Å². The molecule has 1 saturated heterocycles. The lowest BCUT2D eigenvalue weighted by Crippen LogP contribution is -2.48. The maximum atomic E-state index is 12.3. The van der Waals surface area contributed by atoms with Crippen molar-refractivity contribution in [1.29, 1.82) is 0 Å². The number of carbonyl (C=O) groups excluding carboxylic acids is 1. The molecule has 1 heterocycles. The van der Waals surface area contributed by atoms with Crippen LogP contribution in [-0.2, 0) is 9.47 Å². The second kappa shape index (κ2) is 12.6. The predicted octanol–water partition coefficient (Wildman–Crippen LogP) is 3.07. The number of benzene rings is 1. The molecule has 2 rings (SSSR count). The van der Waals surface area contributed by atoms with Crippen molar-refractivity contribution < 1.29 is 19.0 Å². The van der Waals surface area contributed by atoms with Crippen molar-refractivity contribution in [2.45, 2.75) is 32.3 Å². The van der Waals surface area contributed by atoms with Gasteiger partial charge in [-0.2, -0.15) is 0 Å². The maximum absolute atomic E-state index is 12.3. The summed E-state index contributed by atoms with van der Waals surface area (Å²) in [5.74, 6) is 0.808. The highest BCUT2D eigenvalue weighted by Gasteiger charge is 2.21. The van der Waals surface area contributed by atoms with Crippen LogP contribution in [0.5, 0.6) is 5.75 Å². The summed E-state index contributed by atoms with van der Waals surface area (Å²) in [6, 6.07) is 7.36. The summed E-state index contributed by atoms with van der Waals surface area (Å²) < 4.78 is 16.5. The van der Waals surface area contributed by atoms with E-state index in [-0.39, 0.29) is 6.10 Å². The van der Waals surface area contributed by atoms with Crippen LogP contribution in [0.1, 0.15) is 26.2 Å². The number of ether oxygens (including phenoxy) is 3. The van der Waals surface area contributed by atoms with Gasteiger partial charge in [-0.15, -0.1) is 0 Å². The van der Waals surface area contributed by atoms with Gasteiger partial charge in [-0.3, -0.25) is 10.2 Å². The summed E-state index contributed by atoms with van der Waals surface area (Å²) in [6.07, 6.45) is 2.63. The van der Waals surface area contributed by atoms with E-state index in [1.807, 2.05) is 24.3 Å². The van der Waals surface area contributed by atoms with E-state index in [4.69, 9.17) is 14.2 Å². The van der Waals surface area contributed by atoms with E-state index >= 15 is 0 Å². The summed E-state index contributed by atoms with van der Waals surface area (Å²) in [4.78, 5) is 16.9. The van der Waals surface area contributed by atoms with Gasteiger partial charge >= 0.3 is 6.09 Å². The zero-order valence-corrected chi connectivity index (χ0v) is 17.5. The van der Waals surface area contributed by atoms with Gasteiger partial charge in [-0.1, -0.05) is 19.8 Å². The molecule has 158 valence electrons. The number of hydrogen-bond donors (Lipinski definition) is 1. The molecule has 1 aromatic carbocycles. The third-order valence-electron chi connectivity index (χ3n) is 4.80. The fourth-order valence-corrected chi connectivity index (χ4v) is 3.10. The van der Waals surface area contributed by atoms with E-state index in [0.717, 1.165) is 38.3 Å². The Labute approximate surface area is 168 Å². The molecule has 28 heavy (non-hydrogen) atoms. The molecule has 1 amide bonds. The molecule has 1 aliphatic rings. The Balaban J connectivity index is 1.76.